The lowest BCUT2D eigenvalue weighted by molar-refractivity contribution is 0.628. The predicted octanol–water partition coefficient (Wildman–Crippen LogP) is 3.49. The second-order valence-electron chi connectivity index (χ2n) is 4.14. The normalized spacial score (nSPS) is 16.4. The zero-order chi connectivity index (χ0) is 9.71. The van der Waals surface area contributed by atoms with Crippen LogP contribution in [0.25, 0.3) is 10.9 Å². The quantitative estimate of drug-likeness (QED) is 0.706. The van der Waals surface area contributed by atoms with Gasteiger partial charge in [-0.3, -0.25) is 0 Å². The molecular weight excluding hydrogens is 177 g/mol. The molecule has 1 N–H and O–H groups in total. The highest BCUT2D eigenvalue weighted by Crippen LogP contribution is 2.43. The third kappa shape index (κ3) is 0.999. The van der Waals surface area contributed by atoms with Crippen LogP contribution in [0.2, 0.25) is 0 Å². The number of hydrogen-bond donors (Lipinski definition) is 1. The molecule has 14 heavy (non-hydrogen) atoms. The van der Waals surface area contributed by atoms with Gasteiger partial charge in [0.15, 0.2) is 0 Å². The van der Waals surface area contributed by atoms with E-state index in [1.54, 1.807) is 6.92 Å². The van der Waals surface area contributed by atoms with Crippen molar-refractivity contribution in [3.05, 3.63) is 35.3 Å². The number of hydrogen-bond acceptors (Lipinski definition) is 0. The van der Waals surface area contributed by atoms with Crippen molar-refractivity contribution in [1.29, 1.82) is 0 Å². The van der Waals surface area contributed by atoms with Crippen LogP contribution >= 0.6 is 0 Å². The van der Waals surface area contributed by atoms with Crippen molar-refractivity contribution in [1.82, 2.24) is 4.98 Å². The number of aryl methyl sites for hydroxylation is 1. The van der Waals surface area contributed by atoms with Gasteiger partial charge in [0, 0.05) is 11.6 Å². The van der Waals surface area contributed by atoms with Crippen molar-refractivity contribution in [3.8, 4) is 0 Å². The van der Waals surface area contributed by atoms with E-state index >= 15 is 0 Å². The van der Waals surface area contributed by atoms with Crippen LogP contribution in [0, 0.1) is 12.7 Å². The lowest BCUT2D eigenvalue weighted by atomic mass is 10.1. The van der Waals surface area contributed by atoms with Crippen molar-refractivity contribution >= 4 is 10.9 Å². The van der Waals surface area contributed by atoms with Gasteiger partial charge in [0.05, 0.1) is 5.52 Å². The number of aromatic amines is 1. The summed E-state index contributed by atoms with van der Waals surface area (Å²) in [5.74, 6) is 0.570. The Labute approximate surface area is 81.9 Å². The lowest BCUT2D eigenvalue weighted by Gasteiger charge is -1.98. The molecule has 1 aliphatic carbocycles. The summed E-state index contributed by atoms with van der Waals surface area (Å²) in [5.41, 5.74) is 2.67. The van der Waals surface area contributed by atoms with E-state index in [9.17, 15) is 4.39 Å². The van der Waals surface area contributed by atoms with Crippen LogP contribution in [0.1, 0.15) is 29.9 Å². The van der Waals surface area contributed by atoms with Crippen LogP contribution in [0.4, 0.5) is 4.39 Å². The van der Waals surface area contributed by atoms with Crippen molar-refractivity contribution in [2.75, 3.05) is 0 Å². The molecule has 3 rings (SSSR count). The topological polar surface area (TPSA) is 15.8 Å². The molecule has 0 atom stereocenters. The Hall–Kier alpha value is -1.31. The average molecular weight is 189 g/mol. The smallest absolute Gasteiger partial charge is 0.150 e. The molecule has 1 heterocycles. The van der Waals surface area contributed by atoms with Gasteiger partial charge < -0.3 is 4.98 Å². The van der Waals surface area contributed by atoms with E-state index < -0.39 is 0 Å². The van der Waals surface area contributed by atoms with Gasteiger partial charge in [-0.1, -0.05) is 12.1 Å². The van der Waals surface area contributed by atoms with Gasteiger partial charge in [-0.2, -0.15) is 0 Å². The largest absolute Gasteiger partial charge is 0.358 e. The highest BCUT2D eigenvalue weighted by Gasteiger charge is 2.26. The summed E-state index contributed by atoms with van der Waals surface area (Å²) in [7, 11) is 0. The molecule has 0 bridgehead atoms. The fourth-order valence-corrected chi connectivity index (χ4v) is 2.02. The fraction of sp³-hybridized carbons (Fsp3) is 0.333. The molecule has 0 aliphatic heterocycles. The Morgan fingerprint density at radius 3 is 2.86 bits per heavy atom. The Balaban J connectivity index is 2.31. The lowest BCUT2D eigenvalue weighted by Crippen LogP contribution is -1.83. The first kappa shape index (κ1) is 8.04. The maximum absolute atomic E-state index is 13.7. The molecule has 1 saturated carbocycles. The monoisotopic (exact) mass is 189 g/mol. The molecule has 1 fully saturated rings. The van der Waals surface area contributed by atoms with Gasteiger partial charge in [0.25, 0.3) is 0 Å². The summed E-state index contributed by atoms with van der Waals surface area (Å²) in [6.07, 6.45) is 4.47. The Morgan fingerprint density at radius 1 is 1.36 bits per heavy atom. The van der Waals surface area contributed by atoms with Crippen molar-refractivity contribution < 1.29 is 4.39 Å². The van der Waals surface area contributed by atoms with E-state index in [-0.39, 0.29) is 5.82 Å². The highest BCUT2D eigenvalue weighted by molar-refractivity contribution is 5.85. The van der Waals surface area contributed by atoms with E-state index in [1.807, 2.05) is 18.3 Å². The molecule has 1 aliphatic rings. The molecule has 0 spiro atoms. The Bertz CT molecular complexity index is 494. The van der Waals surface area contributed by atoms with Crippen LogP contribution < -0.4 is 0 Å². The minimum absolute atomic E-state index is 0.102. The third-order valence-electron chi connectivity index (χ3n) is 3.04. The molecule has 1 aromatic heterocycles. The molecule has 2 heteroatoms. The first-order chi connectivity index (χ1) is 6.77. The van der Waals surface area contributed by atoms with E-state index in [2.05, 4.69) is 4.98 Å². The van der Waals surface area contributed by atoms with Gasteiger partial charge in [-0.05, 0) is 36.8 Å². The standard InChI is InChI=1S/C12H12FN/c1-7-2-5-9-10(8-3-4-8)6-14-12(9)11(7)13/h2,5-6,8,14H,3-4H2,1H3. The van der Waals surface area contributed by atoms with Gasteiger partial charge >= 0.3 is 0 Å². The van der Waals surface area contributed by atoms with Gasteiger partial charge in [0.1, 0.15) is 5.82 Å². The number of H-pyrrole nitrogens is 1. The Kier molecular flexibility index (Phi) is 1.49. The number of benzene rings is 1. The van der Waals surface area contributed by atoms with E-state index in [0.717, 1.165) is 5.39 Å². The highest BCUT2D eigenvalue weighted by atomic mass is 19.1. The SMILES string of the molecule is Cc1ccc2c(C3CC3)c[nH]c2c1F. The number of aromatic nitrogens is 1. The zero-order valence-electron chi connectivity index (χ0n) is 8.10. The average Bonchev–Trinajstić information content (AvgIpc) is 2.93. The molecule has 0 radical (unpaired) electrons. The number of nitrogens with one attached hydrogen (secondary N) is 1. The van der Waals surface area contributed by atoms with Crippen molar-refractivity contribution in [2.24, 2.45) is 0 Å². The maximum atomic E-state index is 13.7. The van der Waals surface area contributed by atoms with Crippen LogP contribution in [-0.2, 0) is 0 Å². The number of rotatable bonds is 1. The van der Waals surface area contributed by atoms with Gasteiger partial charge in [-0.15, -0.1) is 0 Å². The van der Waals surface area contributed by atoms with E-state index in [1.165, 1.54) is 18.4 Å². The second-order valence-corrected chi connectivity index (χ2v) is 4.14. The van der Waals surface area contributed by atoms with Crippen LogP contribution in [0.15, 0.2) is 18.3 Å². The summed E-state index contributed by atoms with van der Waals surface area (Å²) >= 11 is 0. The first-order valence-corrected chi connectivity index (χ1v) is 5.03. The minimum Gasteiger partial charge on any atom is -0.358 e. The fourth-order valence-electron chi connectivity index (χ4n) is 2.02. The van der Waals surface area contributed by atoms with Gasteiger partial charge in [0.2, 0.25) is 0 Å². The minimum atomic E-state index is -0.102. The number of fused-ring (bicyclic) bond motifs is 1. The van der Waals surface area contributed by atoms with Gasteiger partial charge in [-0.25, -0.2) is 4.39 Å². The first-order valence-electron chi connectivity index (χ1n) is 5.03. The summed E-state index contributed by atoms with van der Waals surface area (Å²) in [5, 5.41) is 1.07. The molecule has 0 saturated heterocycles. The van der Waals surface area contributed by atoms with Crippen LogP contribution in [-0.4, -0.2) is 4.98 Å². The molecular formula is C12H12FN. The van der Waals surface area contributed by atoms with Crippen molar-refractivity contribution in [2.45, 2.75) is 25.7 Å². The molecule has 72 valence electrons. The second kappa shape index (κ2) is 2.59. The third-order valence-corrected chi connectivity index (χ3v) is 3.04. The maximum Gasteiger partial charge on any atom is 0.150 e. The molecule has 1 aromatic carbocycles. The van der Waals surface area contributed by atoms with Crippen LogP contribution in [0.3, 0.4) is 0 Å². The molecule has 1 nitrogen and oxygen atoms in total. The van der Waals surface area contributed by atoms with Crippen LogP contribution in [0.5, 0.6) is 0 Å². The molecule has 0 unspecified atom stereocenters. The zero-order valence-corrected chi connectivity index (χ0v) is 8.10. The predicted molar refractivity (Wildman–Crippen MR) is 55.0 cm³/mol. The summed E-state index contributed by atoms with van der Waals surface area (Å²) in [6, 6.07) is 3.88. The Morgan fingerprint density at radius 2 is 2.14 bits per heavy atom. The number of halogens is 1. The summed E-state index contributed by atoms with van der Waals surface area (Å²) in [6.45, 7) is 1.80. The van der Waals surface area contributed by atoms with Crippen molar-refractivity contribution in [3.63, 3.8) is 0 Å². The summed E-state index contributed by atoms with van der Waals surface area (Å²) < 4.78 is 13.7. The molecule has 2 aromatic rings. The van der Waals surface area contributed by atoms with E-state index in [0.29, 0.717) is 17.0 Å². The molecule has 0 amide bonds. The summed E-state index contributed by atoms with van der Waals surface area (Å²) in [4.78, 5) is 3.04. The van der Waals surface area contributed by atoms with E-state index in [4.69, 9.17) is 0 Å².